The largest absolute Gasteiger partial charge is 0.506 e. The minimum Gasteiger partial charge on any atom is -0.506 e. The first kappa shape index (κ1) is 25.0. The van der Waals surface area contributed by atoms with Crippen molar-refractivity contribution < 1.29 is 33.6 Å². The van der Waals surface area contributed by atoms with Crippen molar-refractivity contribution in [2.45, 2.75) is 6.42 Å². The molecule has 1 N–H and O–H groups in total. The quantitative estimate of drug-likeness (QED) is 0.435. The summed E-state index contributed by atoms with van der Waals surface area (Å²) in [6.07, 6.45) is 5.75. The van der Waals surface area contributed by atoms with Crippen LogP contribution in [0.15, 0.2) is 30.4 Å². The molecule has 0 atom stereocenters. The van der Waals surface area contributed by atoms with E-state index in [-0.39, 0.29) is 17.1 Å². The van der Waals surface area contributed by atoms with Crippen LogP contribution in [0.5, 0.6) is 34.5 Å². The molecule has 0 aromatic heterocycles. The third kappa shape index (κ3) is 4.97. The number of phenols is 1. The Labute approximate surface area is 199 Å². The van der Waals surface area contributed by atoms with E-state index in [0.717, 1.165) is 25.1 Å². The first-order valence-electron chi connectivity index (χ1n) is 10.8. The van der Waals surface area contributed by atoms with E-state index < -0.39 is 5.78 Å². The lowest BCUT2D eigenvalue weighted by Crippen LogP contribution is -2.23. The van der Waals surface area contributed by atoms with Crippen LogP contribution in [0.2, 0.25) is 0 Å². The highest BCUT2D eigenvalue weighted by molar-refractivity contribution is 6.11. The van der Waals surface area contributed by atoms with Crippen LogP contribution in [0.25, 0.3) is 11.6 Å². The van der Waals surface area contributed by atoms with E-state index in [1.165, 1.54) is 41.6 Å². The van der Waals surface area contributed by atoms with Crippen LogP contribution in [-0.4, -0.2) is 71.5 Å². The summed E-state index contributed by atoms with van der Waals surface area (Å²) in [7, 11) is 9.57. The number of nitrogens with zero attached hydrogens (tertiary/aromatic N) is 1. The topological polar surface area (TPSA) is 86.7 Å². The van der Waals surface area contributed by atoms with Gasteiger partial charge in [-0.3, -0.25) is 4.79 Å². The highest BCUT2D eigenvalue weighted by atomic mass is 16.5. The lowest BCUT2D eigenvalue weighted by Gasteiger charge is -2.24. The van der Waals surface area contributed by atoms with Crippen LogP contribution < -0.4 is 23.7 Å². The number of phenolic OH excluding ortho intramolecular Hbond substituents is 1. The molecule has 0 aliphatic carbocycles. The smallest absolute Gasteiger partial charge is 0.203 e. The van der Waals surface area contributed by atoms with Crippen molar-refractivity contribution in [2.24, 2.45) is 0 Å². The Morgan fingerprint density at radius 1 is 0.912 bits per heavy atom. The van der Waals surface area contributed by atoms with Crippen LogP contribution in [0.1, 0.15) is 27.9 Å². The van der Waals surface area contributed by atoms with E-state index >= 15 is 0 Å². The average Bonchev–Trinajstić information content (AvgIpc) is 2.86. The van der Waals surface area contributed by atoms with Gasteiger partial charge in [0.1, 0.15) is 22.8 Å². The molecule has 0 unspecified atom stereocenters. The number of benzene rings is 2. The zero-order valence-electron chi connectivity index (χ0n) is 20.4. The first-order chi connectivity index (χ1) is 16.4. The Kier molecular flexibility index (Phi) is 8.07. The molecule has 1 aliphatic heterocycles. The summed E-state index contributed by atoms with van der Waals surface area (Å²) in [6, 6.07) is 5.09. The molecule has 1 heterocycles. The second kappa shape index (κ2) is 11.0. The number of allylic oxidation sites excluding steroid dienone is 1. The minimum absolute atomic E-state index is 0.0711. The molecule has 0 saturated heterocycles. The molecule has 0 fully saturated rings. The van der Waals surface area contributed by atoms with Gasteiger partial charge in [-0.1, -0.05) is 12.2 Å². The fourth-order valence-electron chi connectivity index (χ4n) is 3.94. The Bertz CT molecular complexity index is 1100. The van der Waals surface area contributed by atoms with Crippen molar-refractivity contribution >= 4 is 17.4 Å². The molecule has 0 amide bonds. The van der Waals surface area contributed by atoms with E-state index in [1.54, 1.807) is 24.3 Å². The maximum absolute atomic E-state index is 13.3. The number of carbonyl (C=O) groups excluding carboxylic acids is 1. The second-order valence-corrected chi connectivity index (χ2v) is 7.78. The maximum Gasteiger partial charge on any atom is 0.203 e. The fourth-order valence-corrected chi connectivity index (χ4v) is 3.94. The van der Waals surface area contributed by atoms with E-state index in [4.69, 9.17) is 23.7 Å². The van der Waals surface area contributed by atoms with Gasteiger partial charge in [0.05, 0.1) is 41.1 Å². The second-order valence-electron chi connectivity index (χ2n) is 7.78. The van der Waals surface area contributed by atoms with Crippen molar-refractivity contribution in [3.05, 3.63) is 47.0 Å². The van der Waals surface area contributed by atoms with Gasteiger partial charge >= 0.3 is 0 Å². The van der Waals surface area contributed by atoms with E-state index in [2.05, 4.69) is 4.90 Å². The Morgan fingerprint density at radius 2 is 1.53 bits per heavy atom. The van der Waals surface area contributed by atoms with E-state index in [0.29, 0.717) is 34.1 Å². The van der Waals surface area contributed by atoms with Crippen molar-refractivity contribution in [2.75, 3.05) is 55.7 Å². The van der Waals surface area contributed by atoms with Crippen molar-refractivity contribution in [3.63, 3.8) is 0 Å². The molecular formula is C26H31NO7. The third-order valence-electron chi connectivity index (χ3n) is 5.76. The fraction of sp³-hybridized carbons (Fsp3) is 0.346. The van der Waals surface area contributed by atoms with Gasteiger partial charge in [-0.05, 0) is 42.8 Å². The molecular weight excluding hydrogens is 438 g/mol. The zero-order valence-corrected chi connectivity index (χ0v) is 20.4. The first-order valence-corrected chi connectivity index (χ1v) is 10.8. The SMILES string of the molecule is COc1cc(/C=C/C(=O)c2c(OC)cc(OC)c(C3=CCN(C)CC3)c2O)cc(OC)c1OC. The summed E-state index contributed by atoms with van der Waals surface area (Å²) in [4.78, 5) is 15.4. The number of ether oxygens (including phenoxy) is 5. The van der Waals surface area contributed by atoms with Gasteiger partial charge in [0.15, 0.2) is 17.3 Å². The van der Waals surface area contributed by atoms with Crippen LogP contribution in [0.3, 0.4) is 0 Å². The monoisotopic (exact) mass is 469 g/mol. The van der Waals surface area contributed by atoms with Gasteiger partial charge in [-0.25, -0.2) is 0 Å². The molecule has 1 aliphatic rings. The molecule has 0 spiro atoms. The van der Waals surface area contributed by atoms with Crippen molar-refractivity contribution in [1.29, 1.82) is 0 Å². The molecule has 3 rings (SSSR count). The summed E-state index contributed by atoms with van der Waals surface area (Å²) in [5.41, 5.74) is 2.17. The summed E-state index contributed by atoms with van der Waals surface area (Å²) in [6.45, 7) is 1.58. The van der Waals surface area contributed by atoms with Gasteiger partial charge in [0.25, 0.3) is 0 Å². The maximum atomic E-state index is 13.3. The molecule has 8 heteroatoms. The van der Waals surface area contributed by atoms with Gasteiger partial charge in [-0.15, -0.1) is 0 Å². The van der Waals surface area contributed by atoms with E-state index in [1.807, 2.05) is 13.1 Å². The van der Waals surface area contributed by atoms with Gasteiger partial charge in [0.2, 0.25) is 5.75 Å². The van der Waals surface area contributed by atoms with Crippen molar-refractivity contribution in [3.8, 4) is 34.5 Å². The lowest BCUT2D eigenvalue weighted by molar-refractivity contribution is 0.104. The summed E-state index contributed by atoms with van der Waals surface area (Å²) in [5.74, 6) is 1.50. The molecule has 182 valence electrons. The predicted molar refractivity (Wildman–Crippen MR) is 131 cm³/mol. The number of rotatable bonds is 9. The molecule has 2 aromatic carbocycles. The zero-order chi connectivity index (χ0) is 24.8. The molecule has 0 bridgehead atoms. The number of ketones is 1. The summed E-state index contributed by atoms with van der Waals surface area (Å²) in [5, 5.41) is 11.2. The number of hydrogen-bond donors (Lipinski definition) is 1. The summed E-state index contributed by atoms with van der Waals surface area (Å²) >= 11 is 0. The summed E-state index contributed by atoms with van der Waals surface area (Å²) < 4.78 is 27.0. The third-order valence-corrected chi connectivity index (χ3v) is 5.76. The number of methoxy groups -OCH3 is 5. The lowest BCUT2D eigenvalue weighted by atomic mass is 9.93. The number of aromatic hydroxyl groups is 1. The predicted octanol–water partition coefficient (Wildman–Crippen LogP) is 4.05. The average molecular weight is 470 g/mol. The minimum atomic E-state index is -0.416. The Balaban J connectivity index is 2.05. The molecule has 0 radical (unpaired) electrons. The van der Waals surface area contributed by atoms with Gasteiger partial charge in [0, 0.05) is 19.2 Å². The Hall–Kier alpha value is -3.65. The normalized spacial score (nSPS) is 14.0. The number of hydrogen-bond acceptors (Lipinski definition) is 8. The van der Waals surface area contributed by atoms with Crippen LogP contribution in [-0.2, 0) is 0 Å². The molecule has 8 nitrogen and oxygen atoms in total. The standard InChI is InChI=1S/C26H31NO7/c1-27-11-9-17(10-12-27)23-19(30-2)15-20(31-3)24(25(23)29)18(28)8-7-16-13-21(32-4)26(34-6)22(14-16)33-5/h7-9,13-15,29H,10-12H2,1-6H3/b8-7+. The van der Waals surface area contributed by atoms with Crippen LogP contribution >= 0.6 is 0 Å². The van der Waals surface area contributed by atoms with Gasteiger partial charge < -0.3 is 33.7 Å². The van der Waals surface area contributed by atoms with Crippen LogP contribution in [0, 0.1) is 0 Å². The van der Waals surface area contributed by atoms with E-state index in [9.17, 15) is 9.90 Å². The van der Waals surface area contributed by atoms with Crippen LogP contribution in [0.4, 0.5) is 0 Å². The number of likely N-dealkylation sites (N-methyl/N-ethyl adjacent to an activating group) is 1. The van der Waals surface area contributed by atoms with Gasteiger partial charge in [-0.2, -0.15) is 0 Å². The molecule has 34 heavy (non-hydrogen) atoms. The highest BCUT2D eigenvalue weighted by Gasteiger charge is 2.26. The highest BCUT2D eigenvalue weighted by Crippen LogP contribution is 2.44. The number of carbonyl (C=O) groups is 1. The van der Waals surface area contributed by atoms with Crippen molar-refractivity contribution in [1.82, 2.24) is 4.90 Å². The molecule has 2 aromatic rings. The Morgan fingerprint density at radius 3 is 2.03 bits per heavy atom. The molecule has 0 saturated carbocycles.